The van der Waals surface area contributed by atoms with E-state index in [2.05, 4.69) is 0 Å². The van der Waals surface area contributed by atoms with Gasteiger partial charge in [0.2, 0.25) is 0 Å². The van der Waals surface area contributed by atoms with Gasteiger partial charge >= 0.3 is 5.97 Å². The van der Waals surface area contributed by atoms with E-state index in [9.17, 15) is 19.2 Å². The average molecular weight is 362 g/mol. The Balaban J connectivity index is 2.61. The molecule has 0 radical (unpaired) electrons. The summed E-state index contributed by atoms with van der Waals surface area (Å²) in [6, 6.07) is 6.41. The number of rotatable bonds is 10. The molecule has 0 aromatic heterocycles. The second-order valence-electron chi connectivity index (χ2n) is 6.30. The lowest BCUT2D eigenvalue weighted by Crippen LogP contribution is -2.34. The monoisotopic (exact) mass is 362 g/mol. The molecule has 142 valence electrons. The fourth-order valence-electron chi connectivity index (χ4n) is 2.50. The molecule has 0 spiro atoms. The second kappa shape index (κ2) is 9.85. The normalized spacial score (nSPS) is 14.0. The minimum absolute atomic E-state index is 0.128. The lowest BCUT2D eigenvalue weighted by molar-refractivity contribution is -0.139. The Morgan fingerprint density at radius 2 is 1.50 bits per heavy atom. The Labute approximate surface area is 153 Å². The summed E-state index contributed by atoms with van der Waals surface area (Å²) < 4.78 is 10.2. The van der Waals surface area contributed by atoms with Gasteiger partial charge in [-0.25, -0.2) is 4.79 Å². The first-order chi connectivity index (χ1) is 12.2. The zero-order valence-corrected chi connectivity index (χ0v) is 15.9. The lowest BCUT2D eigenvalue weighted by atomic mass is 9.85. The van der Waals surface area contributed by atoms with Crippen molar-refractivity contribution in [1.82, 2.24) is 0 Å². The van der Waals surface area contributed by atoms with Crippen LogP contribution < -0.4 is 4.74 Å². The zero-order chi connectivity index (χ0) is 19.9. The molecule has 0 saturated heterocycles. The van der Waals surface area contributed by atoms with Gasteiger partial charge < -0.3 is 9.47 Å². The number of carbonyl (C=O) groups excluding carboxylic acids is 4. The van der Waals surface area contributed by atoms with Crippen molar-refractivity contribution in [2.45, 2.75) is 34.1 Å². The van der Waals surface area contributed by atoms with Gasteiger partial charge in [0, 0.05) is 12.3 Å². The Bertz CT molecular complexity index is 661. The summed E-state index contributed by atoms with van der Waals surface area (Å²) in [5.41, 5.74) is 0.344. The molecule has 26 heavy (non-hydrogen) atoms. The summed E-state index contributed by atoms with van der Waals surface area (Å²) >= 11 is 0. The van der Waals surface area contributed by atoms with Crippen LogP contribution in [0.15, 0.2) is 24.3 Å². The fourth-order valence-corrected chi connectivity index (χ4v) is 2.50. The van der Waals surface area contributed by atoms with Crippen molar-refractivity contribution in [2.75, 3.05) is 13.7 Å². The fraction of sp³-hybridized carbons (Fsp3) is 0.500. The first-order valence-electron chi connectivity index (χ1n) is 8.64. The highest BCUT2D eigenvalue weighted by atomic mass is 16.5. The molecule has 0 saturated carbocycles. The van der Waals surface area contributed by atoms with Crippen LogP contribution in [0.25, 0.3) is 0 Å². The summed E-state index contributed by atoms with van der Waals surface area (Å²) in [4.78, 5) is 48.3. The van der Waals surface area contributed by atoms with E-state index in [1.165, 1.54) is 21.0 Å². The topological polar surface area (TPSA) is 86.7 Å². The Hall–Kier alpha value is -2.50. The molecule has 0 heterocycles. The van der Waals surface area contributed by atoms with Crippen LogP contribution in [0.2, 0.25) is 0 Å². The van der Waals surface area contributed by atoms with E-state index in [0.29, 0.717) is 11.3 Å². The standard InChI is InChI=1S/C20H26O6/c1-6-17(21)13(3)19(23)14(4)18(22)12(2)11-26-20(24)15-7-9-16(25-5)10-8-15/h7-10,12-14H,6,11H2,1-5H3/t12-,13?,14?/m0/s1. The number of carbonyl (C=O) groups is 4. The maximum absolute atomic E-state index is 12.4. The number of ether oxygens (including phenoxy) is 2. The molecule has 3 atom stereocenters. The number of Topliss-reactive ketones (excluding diaryl/α,β-unsaturated/α-hetero) is 3. The van der Waals surface area contributed by atoms with E-state index < -0.39 is 29.5 Å². The molecule has 6 nitrogen and oxygen atoms in total. The van der Waals surface area contributed by atoms with Crippen LogP contribution in [0.5, 0.6) is 5.75 Å². The number of hydrogen-bond donors (Lipinski definition) is 0. The Morgan fingerprint density at radius 3 is 2.00 bits per heavy atom. The number of methoxy groups -OCH3 is 1. The van der Waals surface area contributed by atoms with Gasteiger partial charge in [-0.1, -0.05) is 13.8 Å². The van der Waals surface area contributed by atoms with E-state index in [1.807, 2.05) is 0 Å². The van der Waals surface area contributed by atoms with Gasteiger partial charge in [0.25, 0.3) is 0 Å². The first-order valence-corrected chi connectivity index (χ1v) is 8.64. The quantitative estimate of drug-likeness (QED) is 0.470. The van der Waals surface area contributed by atoms with Crippen molar-refractivity contribution in [3.63, 3.8) is 0 Å². The molecular weight excluding hydrogens is 336 g/mol. The summed E-state index contributed by atoms with van der Waals surface area (Å²) in [5.74, 6) is -3.20. The minimum Gasteiger partial charge on any atom is -0.497 e. The summed E-state index contributed by atoms with van der Waals surface area (Å²) in [6.07, 6.45) is 0.253. The van der Waals surface area contributed by atoms with E-state index in [4.69, 9.17) is 9.47 Å². The lowest BCUT2D eigenvalue weighted by Gasteiger charge is -2.18. The number of hydrogen-bond acceptors (Lipinski definition) is 6. The van der Waals surface area contributed by atoms with Gasteiger partial charge in [0.05, 0.1) is 24.5 Å². The third kappa shape index (κ3) is 5.51. The van der Waals surface area contributed by atoms with Crippen LogP contribution in [-0.2, 0) is 19.1 Å². The van der Waals surface area contributed by atoms with Gasteiger partial charge in [-0.05, 0) is 38.1 Å². The molecule has 0 amide bonds. The minimum atomic E-state index is -0.907. The molecule has 1 aromatic rings. The van der Waals surface area contributed by atoms with Crippen molar-refractivity contribution in [1.29, 1.82) is 0 Å². The second-order valence-corrected chi connectivity index (χ2v) is 6.30. The van der Waals surface area contributed by atoms with E-state index in [-0.39, 0.29) is 24.6 Å². The van der Waals surface area contributed by atoms with Crippen LogP contribution in [0, 0.1) is 17.8 Å². The molecule has 0 fully saturated rings. The van der Waals surface area contributed by atoms with Crippen molar-refractivity contribution >= 4 is 23.3 Å². The molecule has 2 unspecified atom stereocenters. The van der Waals surface area contributed by atoms with Crippen molar-refractivity contribution < 1.29 is 28.7 Å². The predicted molar refractivity (Wildman–Crippen MR) is 96.1 cm³/mol. The smallest absolute Gasteiger partial charge is 0.338 e. The maximum Gasteiger partial charge on any atom is 0.338 e. The third-order valence-corrected chi connectivity index (χ3v) is 4.39. The molecule has 6 heteroatoms. The Kier molecular flexibility index (Phi) is 8.16. The highest BCUT2D eigenvalue weighted by Crippen LogP contribution is 2.17. The average Bonchev–Trinajstić information content (AvgIpc) is 2.68. The zero-order valence-electron chi connectivity index (χ0n) is 15.9. The molecular formula is C20H26O6. The maximum atomic E-state index is 12.4. The van der Waals surface area contributed by atoms with Crippen molar-refractivity contribution in [3.05, 3.63) is 29.8 Å². The SMILES string of the molecule is CCC(=O)C(C)C(=O)C(C)C(=O)[C@@H](C)COC(=O)c1ccc(OC)cc1. The van der Waals surface area contributed by atoms with Gasteiger partial charge in [0.1, 0.15) is 23.9 Å². The van der Waals surface area contributed by atoms with Gasteiger partial charge in [-0.2, -0.15) is 0 Å². The third-order valence-electron chi connectivity index (χ3n) is 4.39. The van der Waals surface area contributed by atoms with E-state index in [0.717, 1.165) is 0 Å². The van der Waals surface area contributed by atoms with Crippen LogP contribution in [0.1, 0.15) is 44.5 Å². The first kappa shape index (κ1) is 21.5. The number of benzene rings is 1. The van der Waals surface area contributed by atoms with Gasteiger partial charge in [-0.15, -0.1) is 0 Å². The van der Waals surface area contributed by atoms with E-state index in [1.54, 1.807) is 38.1 Å². The highest BCUT2D eigenvalue weighted by Gasteiger charge is 2.32. The summed E-state index contributed by atoms with van der Waals surface area (Å²) in [5, 5.41) is 0. The van der Waals surface area contributed by atoms with Gasteiger partial charge in [-0.3, -0.25) is 14.4 Å². The molecule has 0 N–H and O–H groups in total. The van der Waals surface area contributed by atoms with Crippen LogP contribution >= 0.6 is 0 Å². The molecule has 0 aliphatic heterocycles. The van der Waals surface area contributed by atoms with Crippen LogP contribution in [0.4, 0.5) is 0 Å². The molecule has 0 aliphatic carbocycles. The van der Waals surface area contributed by atoms with Crippen molar-refractivity contribution in [3.8, 4) is 5.75 Å². The largest absolute Gasteiger partial charge is 0.497 e. The number of ketones is 3. The van der Waals surface area contributed by atoms with Crippen LogP contribution in [0.3, 0.4) is 0 Å². The Morgan fingerprint density at radius 1 is 0.923 bits per heavy atom. The van der Waals surface area contributed by atoms with E-state index >= 15 is 0 Å². The number of esters is 1. The highest BCUT2D eigenvalue weighted by molar-refractivity contribution is 6.11. The predicted octanol–water partition coefficient (Wildman–Crippen LogP) is 2.88. The summed E-state index contributed by atoms with van der Waals surface area (Å²) in [7, 11) is 1.53. The molecule has 1 aromatic carbocycles. The van der Waals surface area contributed by atoms with Crippen LogP contribution in [-0.4, -0.2) is 37.0 Å². The molecule has 1 rings (SSSR count). The van der Waals surface area contributed by atoms with Crippen molar-refractivity contribution in [2.24, 2.45) is 17.8 Å². The van der Waals surface area contributed by atoms with Gasteiger partial charge in [0.15, 0.2) is 5.78 Å². The molecule has 0 bridgehead atoms. The molecule has 0 aliphatic rings. The summed E-state index contributed by atoms with van der Waals surface area (Å²) in [6.45, 7) is 6.16.